The fourth-order valence-electron chi connectivity index (χ4n) is 3.44. The van der Waals surface area contributed by atoms with E-state index in [4.69, 9.17) is 20.6 Å². The Morgan fingerprint density at radius 2 is 1.81 bits per heavy atom. The van der Waals surface area contributed by atoms with Crippen molar-refractivity contribution in [1.29, 1.82) is 0 Å². The van der Waals surface area contributed by atoms with Gasteiger partial charge in [-0.3, -0.25) is 9.42 Å². The van der Waals surface area contributed by atoms with E-state index in [1.807, 2.05) is 18.2 Å². The molecule has 2 aromatic carbocycles. The Kier molecular flexibility index (Phi) is 8.89. The minimum Gasteiger partial charge on any atom is -1.00 e. The molecule has 7 heteroatoms. The van der Waals surface area contributed by atoms with E-state index in [0.29, 0.717) is 10.9 Å². The molecule has 1 aliphatic carbocycles. The smallest absolute Gasteiger partial charge is 1.00 e. The van der Waals surface area contributed by atoms with Crippen LogP contribution in [0, 0.1) is 0 Å². The van der Waals surface area contributed by atoms with Crippen molar-refractivity contribution in [2.45, 2.75) is 51.0 Å². The molecule has 4 nitrogen and oxygen atoms in total. The van der Waals surface area contributed by atoms with Gasteiger partial charge in [-0.25, -0.2) is 4.57 Å². The van der Waals surface area contributed by atoms with Gasteiger partial charge in [0.25, 0.3) is 0 Å². The first-order valence-electron chi connectivity index (χ1n) is 9.00. The Morgan fingerprint density at radius 3 is 2.44 bits per heavy atom. The summed E-state index contributed by atoms with van der Waals surface area (Å²) in [6.45, 7) is 1.71. The Bertz CT molecular complexity index is 787. The molecule has 1 aliphatic rings. The maximum atomic E-state index is 12.2. The average molecular weight is 419 g/mol. The van der Waals surface area contributed by atoms with Crippen LogP contribution < -0.4 is 34.1 Å². The molecule has 3 rings (SSSR count). The van der Waals surface area contributed by atoms with Gasteiger partial charge < -0.3 is 5.95 Å². The summed E-state index contributed by atoms with van der Waals surface area (Å²) < 4.78 is 22.6. The van der Waals surface area contributed by atoms with Crippen molar-refractivity contribution in [2.75, 3.05) is 0 Å². The second-order valence-corrected chi connectivity index (χ2v) is 8.47. The Morgan fingerprint density at radius 1 is 1.15 bits per heavy atom. The standard InChI is InChI=1S/C20H24ClO4P.Na.H/c1-15(24-26(22,23)25-18-10-6-3-7-11-18)17-12-13-19(20(21)14-17)16-8-4-2-5-9-16;;/h3,6-7,10-16H,2,4-5,8-9H2,1H3,(H,22,23);;/q;+1;-1. The van der Waals surface area contributed by atoms with Crippen molar-refractivity contribution in [3.05, 3.63) is 64.7 Å². The van der Waals surface area contributed by atoms with Crippen LogP contribution >= 0.6 is 19.4 Å². The largest absolute Gasteiger partial charge is 1.00 e. The van der Waals surface area contributed by atoms with Gasteiger partial charge in [0.1, 0.15) is 5.75 Å². The van der Waals surface area contributed by atoms with Crippen LogP contribution in [0.25, 0.3) is 0 Å². The molecule has 1 fully saturated rings. The molecule has 0 saturated heterocycles. The molecule has 0 amide bonds. The van der Waals surface area contributed by atoms with E-state index < -0.39 is 13.9 Å². The van der Waals surface area contributed by atoms with E-state index in [9.17, 15) is 9.46 Å². The predicted octanol–water partition coefficient (Wildman–Crippen LogP) is 3.76. The molecule has 0 spiro atoms. The van der Waals surface area contributed by atoms with Gasteiger partial charge in [-0.1, -0.05) is 61.2 Å². The number of phosphoric ester groups is 1. The molecule has 0 aromatic heterocycles. The molecule has 0 aliphatic heterocycles. The summed E-state index contributed by atoms with van der Waals surface area (Å²) in [4.78, 5) is 10.0. The third kappa shape index (κ3) is 6.61. The molecular weight excluding hydrogens is 394 g/mol. The van der Waals surface area contributed by atoms with Crippen LogP contribution in [0.5, 0.6) is 5.75 Å². The molecule has 0 radical (unpaired) electrons. The van der Waals surface area contributed by atoms with Crippen LogP contribution in [0.4, 0.5) is 0 Å². The molecule has 1 saturated carbocycles. The number of hydrogen-bond acceptors (Lipinski definition) is 3. The predicted molar refractivity (Wildman–Crippen MR) is 105 cm³/mol. The molecule has 0 bridgehead atoms. The van der Waals surface area contributed by atoms with E-state index in [-0.39, 0.29) is 36.7 Å². The van der Waals surface area contributed by atoms with Crippen LogP contribution in [0.15, 0.2) is 48.5 Å². The first-order chi connectivity index (χ1) is 12.4. The number of phosphoric acid groups is 1. The summed E-state index contributed by atoms with van der Waals surface area (Å²) in [5.74, 6) is 0.795. The van der Waals surface area contributed by atoms with E-state index in [1.165, 1.54) is 32.1 Å². The number of halogens is 1. The Labute approximate surface area is 189 Å². The van der Waals surface area contributed by atoms with Crippen molar-refractivity contribution >= 4 is 19.4 Å². The maximum absolute atomic E-state index is 12.2. The van der Waals surface area contributed by atoms with Crippen molar-refractivity contribution < 1.29 is 49.5 Å². The van der Waals surface area contributed by atoms with E-state index in [1.54, 1.807) is 37.3 Å². The minimum absolute atomic E-state index is 0. The fourth-order valence-corrected chi connectivity index (χ4v) is 4.73. The number of hydrogen-bond donors (Lipinski definition) is 1. The summed E-state index contributed by atoms with van der Waals surface area (Å²) in [7, 11) is -4.23. The fraction of sp³-hybridized carbons (Fsp3) is 0.400. The molecule has 1 N–H and O–H groups in total. The van der Waals surface area contributed by atoms with Crippen molar-refractivity contribution in [1.82, 2.24) is 0 Å². The number of rotatable bonds is 6. The van der Waals surface area contributed by atoms with Crippen molar-refractivity contribution in [3.8, 4) is 5.75 Å². The van der Waals surface area contributed by atoms with E-state index in [2.05, 4.69) is 0 Å². The Balaban J connectivity index is 0.00000196. The number of para-hydroxylation sites is 1. The first kappa shape index (κ1) is 23.0. The number of benzene rings is 2. The summed E-state index contributed by atoms with van der Waals surface area (Å²) in [6.07, 6.45) is 5.50. The summed E-state index contributed by atoms with van der Waals surface area (Å²) in [5, 5.41) is 0.696. The van der Waals surface area contributed by atoms with E-state index >= 15 is 0 Å². The average Bonchev–Trinajstić information content (AvgIpc) is 2.62. The van der Waals surface area contributed by atoms with Crippen LogP contribution in [0.1, 0.15) is 63.6 Å². The third-order valence-electron chi connectivity index (χ3n) is 4.79. The first-order valence-corrected chi connectivity index (χ1v) is 10.9. The summed E-state index contributed by atoms with van der Waals surface area (Å²) in [5.41, 5.74) is 1.91. The molecule has 142 valence electrons. The summed E-state index contributed by atoms with van der Waals surface area (Å²) in [6, 6.07) is 14.2. The van der Waals surface area contributed by atoms with Crippen molar-refractivity contribution in [3.63, 3.8) is 0 Å². The topological polar surface area (TPSA) is 55.8 Å². The van der Waals surface area contributed by atoms with Crippen molar-refractivity contribution in [2.24, 2.45) is 0 Å². The van der Waals surface area contributed by atoms with Gasteiger partial charge in [0.05, 0.1) is 6.10 Å². The third-order valence-corrected chi connectivity index (χ3v) is 6.15. The molecule has 27 heavy (non-hydrogen) atoms. The monoisotopic (exact) mass is 418 g/mol. The van der Waals surface area contributed by atoms with Crippen LogP contribution in [-0.4, -0.2) is 4.89 Å². The maximum Gasteiger partial charge on any atom is 1.00 e. The molecular formula is C20H25ClNaO4P. The zero-order chi connectivity index (χ0) is 18.6. The van der Waals surface area contributed by atoms with Gasteiger partial charge in [-0.15, -0.1) is 0 Å². The van der Waals surface area contributed by atoms with Crippen LogP contribution in [-0.2, 0) is 9.09 Å². The second kappa shape index (κ2) is 10.5. The quantitative estimate of drug-likeness (QED) is 0.573. The normalized spacial score (nSPS) is 18.2. The van der Waals surface area contributed by atoms with Gasteiger partial charge in [-0.05, 0) is 55.0 Å². The second-order valence-electron chi connectivity index (χ2n) is 6.74. The Hall–Kier alpha value is -0.320. The molecule has 2 unspecified atom stereocenters. The minimum atomic E-state index is -4.23. The molecule has 0 heterocycles. The van der Waals surface area contributed by atoms with E-state index in [0.717, 1.165) is 11.1 Å². The SMILES string of the molecule is CC(OP(=O)(O)Oc1ccccc1)c1ccc(C2CCCCC2)c(Cl)c1.[H-].[Na+]. The summed E-state index contributed by atoms with van der Waals surface area (Å²) >= 11 is 6.49. The van der Waals surface area contributed by atoms with Gasteiger partial charge in [0, 0.05) is 5.02 Å². The van der Waals surface area contributed by atoms with Crippen LogP contribution in [0.2, 0.25) is 5.02 Å². The molecule has 2 atom stereocenters. The van der Waals surface area contributed by atoms with Gasteiger partial charge in [0.15, 0.2) is 0 Å². The van der Waals surface area contributed by atoms with Crippen LogP contribution in [0.3, 0.4) is 0 Å². The van der Waals surface area contributed by atoms with Gasteiger partial charge in [-0.2, -0.15) is 0 Å². The zero-order valence-corrected chi connectivity index (χ0v) is 19.5. The molecule has 2 aromatic rings. The van der Waals surface area contributed by atoms with Gasteiger partial charge >= 0.3 is 37.4 Å². The zero-order valence-electron chi connectivity index (χ0n) is 16.8. The van der Waals surface area contributed by atoms with Gasteiger partial charge in [0.2, 0.25) is 0 Å².